The molecule has 108 valence electrons. The van der Waals surface area contributed by atoms with E-state index in [9.17, 15) is 14.4 Å². The van der Waals surface area contributed by atoms with Crippen molar-refractivity contribution in [1.29, 1.82) is 0 Å². The Morgan fingerprint density at radius 2 is 1.95 bits per heavy atom. The second-order valence-electron chi connectivity index (χ2n) is 3.76. The molecule has 0 saturated heterocycles. The molecular weight excluding hydrogens is 330 g/mol. The number of carbonyl (C=O) groups excluding carboxylic acids is 2. The van der Waals surface area contributed by atoms with Gasteiger partial charge in [0.1, 0.15) is 0 Å². The van der Waals surface area contributed by atoms with Gasteiger partial charge in [-0.2, -0.15) is 0 Å². The maximum atomic E-state index is 11.6. The average molecular weight is 344 g/mol. The van der Waals surface area contributed by atoms with E-state index in [0.29, 0.717) is 16.7 Å². The molecule has 4 N–H and O–H groups in total. The molecule has 0 aliphatic carbocycles. The van der Waals surface area contributed by atoms with Crippen LogP contribution in [0.2, 0.25) is 0 Å². The highest BCUT2D eigenvalue weighted by molar-refractivity contribution is 9.10. The van der Waals surface area contributed by atoms with E-state index in [2.05, 4.69) is 31.9 Å². The summed E-state index contributed by atoms with van der Waals surface area (Å²) in [5, 5.41) is 16.2. The predicted octanol–water partition coefficient (Wildman–Crippen LogP) is 1.40. The number of carboxylic acid groups (broad SMARTS) is 1. The molecule has 0 radical (unpaired) electrons. The Labute approximate surface area is 123 Å². The summed E-state index contributed by atoms with van der Waals surface area (Å²) in [6.45, 7) is 2.13. The summed E-state index contributed by atoms with van der Waals surface area (Å²) in [6.07, 6.45) is 0. The summed E-state index contributed by atoms with van der Waals surface area (Å²) in [5.74, 6) is -1.35. The lowest BCUT2D eigenvalue weighted by atomic mass is 10.2. The highest BCUT2D eigenvalue weighted by Crippen LogP contribution is 2.23. The second-order valence-corrected chi connectivity index (χ2v) is 4.62. The Hall–Kier alpha value is -2.09. The third-order valence-electron chi connectivity index (χ3n) is 2.25. The van der Waals surface area contributed by atoms with Crippen molar-refractivity contribution in [2.45, 2.75) is 6.92 Å². The fraction of sp³-hybridized carbons (Fsp3) is 0.250. The van der Waals surface area contributed by atoms with E-state index in [0.717, 1.165) is 0 Å². The van der Waals surface area contributed by atoms with Gasteiger partial charge in [-0.05, 0) is 41.1 Å². The van der Waals surface area contributed by atoms with Crippen LogP contribution in [0.15, 0.2) is 22.7 Å². The van der Waals surface area contributed by atoms with Crippen molar-refractivity contribution in [1.82, 2.24) is 10.6 Å². The number of urea groups is 1. The van der Waals surface area contributed by atoms with Crippen LogP contribution in [-0.2, 0) is 4.79 Å². The van der Waals surface area contributed by atoms with Gasteiger partial charge in [-0.1, -0.05) is 0 Å². The number of carbonyl (C=O) groups is 3. The van der Waals surface area contributed by atoms with Crippen molar-refractivity contribution in [2.75, 3.05) is 18.4 Å². The largest absolute Gasteiger partial charge is 0.478 e. The minimum Gasteiger partial charge on any atom is -0.478 e. The van der Waals surface area contributed by atoms with Crippen LogP contribution in [0, 0.1) is 0 Å². The number of hydrogen-bond donors (Lipinski definition) is 4. The van der Waals surface area contributed by atoms with Crippen molar-refractivity contribution >= 4 is 39.5 Å². The standard InChI is InChI=1S/C12H14BrN3O4/c1-2-14-10(17)6-15-12(20)16-9-4-3-7(11(18)19)5-8(9)13/h3-5H,2,6H2,1H3,(H,14,17)(H,18,19)(H2,15,16,20). The van der Waals surface area contributed by atoms with Gasteiger partial charge in [-0.3, -0.25) is 4.79 Å². The van der Waals surface area contributed by atoms with Crippen molar-refractivity contribution in [3.63, 3.8) is 0 Å². The first kappa shape index (κ1) is 16.0. The van der Waals surface area contributed by atoms with Crippen LogP contribution >= 0.6 is 15.9 Å². The van der Waals surface area contributed by atoms with Crippen LogP contribution in [0.25, 0.3) is 0 Å². The van der Waals surface area contributed by atoms with Crippen molar-refractivity contribution in [3.8, 4) is 0 Å². The van der Waals surface area contributed by atoms with Crippen molar-refractivity contribution in [2.24, 2.45) is 0 Å². The van der Waals surface area contributed by atoms with E-state index in [1.54, 1.807) is 6.92 Å². The molecule has 1 rings (SSSR count). The molecule has 0 bridgehead atoms. The monoisotopic (exact) mass is 343 g/mol. The fourth-order valence-electron chi connectivity index (χ4n) is 1.34. The van der Waals surface area contributed by atoms with E-state index in [1.165, 1.54) is 18.2 Å². The molecule has 0 saturated carbocycles. The van der Waals surface area contributed by atoms with Gasteiger partial charge in [0.25, 0.3) is 0 Å². The smallest absolute Gasteiger partial charge is 0.335 e. The van der Waals surface area contributed by atoms with Gasteiger partial charge >= 0.3 is 12.0 Å². The fourth-order valence-corrected chi connectivity index (χ4v) is 1.81. The van der Waals surface area contributed by atoms with Gasteiger partial charge in [-0.25, -0.2) is 9.59 Å². The molecular formula is C12H14BrN3O4. The number of benzene rings is 1. The summed E-state index contributed by atoms with van der Waals surface area (Å²) in [5.41, 5.74) is 0.508. The first-order valence-electron chi connectivity index (χ1n) is 5.78. The summed E-state index contributed by atoms with van der Waals surface area (Å²) < 4.78 is 0.436. The van der Waals surface area contributed by atoms with Gasteiger partial charge in [0.2, 0.25) is 5.91 Å². The van der Waals surface area contributed by atoms with Crippen LogP contribution in [-0.4, -0.2) is 36.1 Å². The summed E-state index contributed by atoms with van der Waals surface area (Å²) in [4.78, 5) is 33.5. The maximum Gasteiger partial charge on any atom is 0.335 e. The molecule has 0 heterocycles. The third kappa shape index (κ3) is 4.88. The Bertz CT molecular complexity index is 533. The lowest BCUT2D eigenvalue weighted by Gasteiger charge is -2.09. The molecule has 3 amide bonds. The number of aromatic carboxylic acids is 1. The molecule has 0 spiro atoms. The van der Waals surface area contributed by atoms with Crippen LogP contribution in [0.1, 0.15) is 17.3 Å². The normalized spacial score (nSPS) is 9.70. The third-order valence-corrected chi connectivity index (χ3v) is 2.90. The number of anilines is 1. The van der Waals surface area contributed by atoms with Gasteiger partial charge in [0, 0.05) is 11.0 Å². The van der Waals surface area contributed by atoms with Crippen molar-refractivity contribution in [3.05, 3.63) is 28.2 Å². The quantitative estimate of drug-likeness (QED) is 0.648. The molecule has 0 aliphatic heterocycles. The first-order valence-corrected chi connectivity index (χ1v) is 6.57. The molecule has 1 aromatic carbocycles. The number of amides is 3. The molecule has 0 fully saturated rings. The topological polar surface area (TPSA) is 108 Å². The number of carboxylic acids is 1. The SMILES string of the molecule is CCNC(=O)CNC(=O)Nc1ccc(C(=O)O)cc1Br. The van der Waals surface area contributed by atoms with Crippen LogP contribution < -0.4 is 16.0 Å². The molecule has 8 heteroatoms. The summed E-state index contributed by atoms with van der Waals surface area (Å²) >= 11 is 3.16. The van der Waals surface area contributed by atoms with Gasteiger partial charge in [0.05, 0.1) is 17.8 Å². The summed E-state index contributed by atoms with van der Waals surface area (Å²) in [6, 6.07) is 3.65. The predicted molar refractivity (Wildman–Crippen MR) is 76.8 cm³/mol. The molecule has 7 nitrogen and oxygen atoms in total. The van der Waals surface area contributed by atoms with Crippen LogP contribution in [0.4, 0.5) is 10.5 Å². The summed E-state index contributed by atoms with van der Waals surface area (Å²) in [7, 11) is 0. The molecule has 20 heavy (non-hydrogen) atoms. The number of nitrogens with one attached hydrogen (secondary N) is 3. The lowest BCUT2D eigenvalue weighted by molar-refractivity contribution is -0.119. The second kappa shape index (κ2) is 7.49. The van der Waals surface area contributed by atoms with E-state index < -0.39 is 12.0 Å². The van der Waals surface area contributed by atoms with E-state index in [4.69, 9.17) is 5.11 Å². The Balaban J connectivity index is 2.58. The highest BCUT2D eigenvalue weighted by atomic mass is 79.9. The van der Waals surface area contributed by atoms with Gasteiger partial charge < -0.3 is 21.1 Å². The van der Waals surface area contributed by atoms with Crippen LogP contribution in [0.5, 0.6) is 0 Å². The van der Waals surface area contributed by atoms with E-state index >= 15 is 0 Å². The molecule has 0 unspecified atom stereocenters. The lowest BCUT2D eigenvalue weighted by Crippen LogP contribution is -2.38. The Kier molecular flexibility index (Phi) is 5.98. The zero-order chi connectivity index (χ0) is 15.1. The highest BCUT2D eigenvalue weighted by Gasteiger charge is 2.09. The minimum atomic E-state index is -1.06. The van der Waals surface area contributed by atoms with Crippen molar-refractivity contribution < 1.29 is 19.5 Å². The number of halogens is 1. The minimum absolute atomic E-state index is 0.102. The Morgan fingerprint density at radius 3 is 2.50 bits per heavy atom. The average Bonchev–Trinajstić information content (AvgIpc) is 2.39. The molecule has 0 aromatic heterocycles. The zero-order valence-electron chi connectivity index (χ0n) is 10.7. The van der Waals surface area contributed by atoms with E-state index in [1.807, 2.05) is 0 Å². The first-order chi connectivity index (χ1) is 9.43. The van der Waals surface area contributed by atoms with Gasteiger partial charge in [-0.15, -0.1) is 0 Å². The Morgan fingerprint density at radius 1 is 1.25 bits per heavy atom. The maximum absolute atomic E-state index is 11.6. The number of rotatable bonds is 5. The van der Waals surface area contributed by atoms with Crippen LogP contribution in [0.3, 0.4) is 0 Å². The molecule has 0 atom stereocenters. The molecule has 0 aliphatic rings. The number of likely N-dealkylation sites (N-methyl/N-ethyl adjacent to an activating group) is 1. The molecule has 1 aromatic rings. The van der Waals surface area contributed by atoms with E-state index in [-0.39, 0.29) is 18.0 Å². The van der Waals surface area contributed by atoms with Gasteiger partial charge in [0.15, 0.2) is 0 Å². The zero-order valence-corrected chi connectivity index (χ0v) is 12.3. The number of hydrogen-bond acceptors (Lipinski definition) is 3.